The van der Waals surface area contributed by atoms with Crippen molar-refractivity contribution < 1.29 is 28.5 Å². The Labute approximate surface area is 198 Å². The molecule has 2 aromatic rings. The first-order valence-corrected chi connectivity index (χ1v) is 10.8. The second kappa shape index (κ2) is 15.4. The zero-order valence-electron chi connectivity index (χ0n) is 19.1. The van der Waals surface area contributed by atoms with E-state index in [0.717, 1.165) is 0 Å². The van der Waals surface area contributed by atoms with Crippen LogP contribution >= 0.6 is 0 Å². The van der Waals surface area contributed by atoms with Gasteiger partial charge in [-0.3, -0.25) is 15.0 Å². The molecule has 2 atom stereocenters. The number of para-hydroxylation sites is 1. The van der Waals surface area contributed by atoms with Crippen LogP contribution in [0.1, 0.15) is 23.7 Å². The predicted octanol–water partition coefficient (Wildman–Crippen LogP) is 2.12. The number of ether oxygens (including phenoxy) is 4. The van der Waals surface area contributed by atoms with Crippen molar-refractivity contribution in [3.63, 3.8) is 0 Å². The molecule has 0 saturated heterocycles. The minimum atomic E-state index is -0.694. The van der Waals surface area contributed by atoms with Crippen LogP contribution in [0.4, 0.5) is 0 Å². The number of hydrogen-bond acceptors (Lipinski definition) is 8. The van der Waals surface area contributed by atoms with Crippen LogP contribution in [0.2, 0.25) is 0 Å². The first kappa shape index (κ1) is 26.8. The largest absolute Gasteiger partial charge is 0.457 e. The van der Waals surface area contributed by atoms with Gasteiger partial charge in [-0.15, -0.1) is 0 Å². The van der Waals surface area contributed by atoms with Gasteiger partial charge < -0.3 is 24.3 Å². The maximum Gasteiger partial charge on any atom is 0.251 e. The third-order valence-electron chi connectivity index (χ3n) is 4.69. The Balaban J connectivity index is 2.03. The molecule has 0 radical (unpaired) electrons. The summed E-state index contributed by atoms with van der Waals surface area (Å²) in [4.78, 5) is 25.0. The average molecular weight is 471 g/mol. The molecule has 2 aromatic carbocycles. The SMILES string of the molecule is CCOCOCC(CC(COCC#N)C(=O)NN)NC(=O)c1ccc(Oc2ccccc2)cc1. The van der Waals surface area contributed by atoms with E-state index in [9.17, 15) is 9.59 Å². The summed E-state index contributed by atoms with van der Waals surface area (Å²) in [5, 5.41) is 11.5. The number of nitriles is 1. The van der Waals surface area contributed by atoms with E-state index in [4.69, 9.17) is 30.1 Å². The van der Waals surface area contributed by atoms with Gasteiger partial charge in [0.1, 0.15) is 24.9 Å². The highest BCUT2D eigenvalue weighted by Gasteiger charge is 2.25. The summed E-state index contributed by atoms with van der Waals surface area (Å²) in [6.45, 7) is 2.28. The molecule has 0 fully saturated rings. The van der Waals surface area contributed by atoms with Crippen LogP contribution in [0.3, 0.4) is 0 Å². The van der Waals surface area contributed by atoms with E-state index >= 15 is 0 Å². The molecule has 10 nitrogen and oxygen atoms in total. The van der Waals surface area contributed by atoms with Gasteiger partial charge in [0.05, 0.1) is 31.2 Å². The summed E-state index contributed by atoms with van der Waals surface area (Å²) in [5.41, 5.74) is 2.50. The maximum absolute atomic E-state index is 12.9. The van der Waals surface area contributed by atoms with E-state index in [2.05, 4.69) is 10.7 Å². The Morgan fingerprint density at radius 3 is 2.35 bits per heavy atom. The van der Waals surface area contributed by atoms with Crippen molar-refractivity contribution in [2.75, 3.05) is 33.2 Å². The quantitative estimate of drug-likeness (QED) is 0.118. The van der Waals surface area contributed by atoms with E-state index in [0.29, 0.717) is 23.7 Å². The zero-order valence-corrected chi connectivity index (χ0v) is 19.1. The molecule has 0 aliphatic rings. The summed E-state index contributed by atoms with van der Waals surface area (Å²) in [7, 11) is 0. The van der Waals surface area contributed by atoms with Crippen LogP contribution in [0.15, 0.2) is 54.6 Å². The third-order valence-corrected chi connectivity index (χ3v) is 4.69. The minimum Gasteiger partial charge on any atom is -0.457 e. The van der Waals surface area contributed by atoms with Gasteiger partial charge in [0.15, 0.2) is 0 Å². The lowest BCUT2D eigenvalue weighted by Gasteiger charge is -2.23. The number of nitrogens with two attached hydrogens (primary N) is 1. The first-order valence-electron chi connectivity index (χ1n) is 10.8. The molecule has 0 aliphatic carbocycles. The number of nitrogens with one attached hydrogen (secondary N) is 2. The van der Waals surface area contributed by atoms with Gasteiger partial charge in [0.25, 0.3) is 5.91 Å². The highest BCUT2D eigenvalue weighted by atomic mass is 16.7. The number of benzene rings is 2. The molecule has 4 N–H and O–H groups in total. The van der Waals surface area contributed by atoms with Gasteiger partial charge >= 0.3 is 0 Å². The number of amides is 2. The third kappa shape index (κ3) is 9.56. The van der Waals surface area contributed by atoms with Crippen molar-refractivity contribution in [2.45, 2.75) is 19.4 Å². The van der Waals surface area contributed by atoms with Crippen molar-refractivity contribution in [1.29, 1.82) is 5.26 Å². The molecule has 34 heavy (non-hydrogen) atoms. The van der Waals surface area contributed by atoms with Gasteiger partial charge in [0, 0.05) is 12.2 Å². The van der Waals surface area contributed by atoms with Crippen molar-refractivity contribution >= 4 is 11.8 Å². The summed E-state index contributed by atoms with van der Waals surface area (Å²) in [6.07, 6.45) is 0.182. The second-order valence-corrected chi connectivity index (χ2v) is 7.21. The number of nitrogens with zero attached hydrogens (tertiary/aromatic N) is 1. The lowest BCUT2D eigenvalue weighted by molar-refractivity contribution is -0.127. The predicted molar refractivity (Wildman–Crippen MR) is 124 cm³/mol. The number of rotatable bonds is 15. The Morgan fingerprint density at radius 2 is 1.71 bits per heavy atom. The van der Waals surface area contributed by atoms with E-state index in [1.807, 2.05) is 43.3 Å². The lowest BCUT2D eigenvalue weighted by Crippen LogP contribution is -2.45. The van der Waals surface area contributed by atoms with Crippen LogP contribution in [-0.2, 0) is 19.0 Å². The van der Waals surface area contributed by atoms with Crippen molar-refractivity contribution in [2.24, 2.45) is 11.8 Å². The summed E-state index contributed by atoms with van der Waals surface area (Å²) in [6, 6.07) is 17.3. The van der Waals surface area contributed by atoms with Gasteiger partial charge in [-0.05, 0) is 49.7 Å². The highest BCUT2D eigenvalue weighted by molar-refractivity contribution is 5.94. The molecule has 0 heterocycles. The summed E-state index contributed by atoms with van der Waals surface area (Å²) >= 11 is 0. The monoisotopic (exact) mass is 470 g/mol. The Bertz CT molecular complexity index is 917. The van der Waals surface area contributed by atoms with Crippen LogP contribution in [-0.4, -0.2) is 51.1 Å². The summed E-state index contributed by atoms with van der Waals surface area (Å²) in [5.74, 6) is 5.06. The molecule has 0 spiro atoms. The van der Waals surface area contributed by atoms with E-state index in [-0.39, 0.29) is 38.9 Å². The molecule has 0 saturated carbocycles. The molecule has 10 heteroatoms. The minimum absolute atomic E-state index is 0.0278. The Hall–Kier alpha value is -3.49. The number of carbonyl (C=O) groups is 2. The first-order chi connectivity index (χ1) is 16.6. The highest BCUT2D eigenvalue weighted by Crippen LogP contribution is 2.21. The van der Waals surface area contributed by atoms with Gasteiger partial charge in [-0.2, -0.15) is 5.26 Å². The second-order valence-electron chi connectivity index (χ2n) is 7.21. The molecule has 2 unspecified atom stereocenters. The fourth-order valence-corrected chi connectivity index (χ4v) is 3.03. The molecule has 2 rings (SSSR count). The molecular weight excluding hydrogens is 440 g/mol. The maximum atomic E-state index is 12.9. The van der Waals surface area contributed by atoms with Gasteiger partial charge in [-0.1, -0.05) is 18.2 Å². The fourth-order valence-electron chi connectivity index (χ4n) is 3.03. The van der Waals surface area contributed by atoms with Gasteiger partial charge in [-0.25, -0.2) is 5.84 Å². The molecule has 2 amide bonds. The Morgan fingerprint density at radius 1 is 1.00 bits per heavy atom. The number of hydrogen-bond donors (Lipinski definition) is 3. The normalized spacial score (nSPS) is 12.3. The number of hydrazine groups is 1. The smallest absolute Gasteiger partial charge is 0.251 e. The van der Waals surface area contributed by atoms with Crippen LogP contribution in [0.5, 0.6) is 11.5 Å². The van der Waals surface area contributed by atoms with Crippen molar-refractivity contribution in [1.82, 2.24) is 10.7 Å². The molecule has 182 valence electrons. The van der Waals surface area contributed by atoms with Crippen LogP contribution in [0.25, 0.3) is 0 Å². The van der Waals surface area contributed by atoms with Crippen molar-refractivity contribution in [3.05, 3.63) is 60.2 Å². The molecule has 0 aliphatic heterocycles. The topological polar surface area (TPSA) is 145 Å². The summed E-state index contributed by atoms with van der Waals surface area (Å²) < 4.78 is 21.6. The fraction of sp³-hybridized carbons (Fsp3) is 0.375. The van der Waals surface area contributed by atoms with E-state index < -0.39 is 17.9 Å². The molecule has 0 aromatic heterocycles. The Kier molecular flexibility index (Phi) is 12.1. The van der Waals surface area contributed by atoms with E-state index in [1.165, 1.54) is 0 Å². The zero-order chi connectivity index (χ0) is 24.6. The standard InChI is InChI=1S/C24H30N4O6/c1-2-31-17-33-16-20(14-19(24(30)28-26)15-32-13-12-25)27-23(29)18-8-10-22(11-9-18)34-21-6-4-3-5-7-21/h3-11,19-20H,2,13-17,26H2,1H3,(H,27,29)(H,28,30). The lowest BCUT2D eigenvalue weighted by atomic mass is 9.99. The van der Waals surface area contributed by atoms with Crippen LogP contribution < -0.4 is 21.3 Å². The average Bonchev–Trinajstić information content (AvgIpc) is 2.86. The van der Waals surface area contributed by atoms with Crippen molar-refractivity contribution in [3.8, 4) is 17.6 Å². The molecular formula is C24H30N4O6. The van der Waals surface area contributed by atoms with E-state index in [1.54, 1.807) is 24.3 Å². The van der Waals surface area contributed by atoms with Crippen LogP contribution in [0, 0.1) is 17.2 Å². The number of carbonyl (C=O) groups excluding carboxylic acids is 2. The molecule has 0 bridgehead atoms. The van der Waals surface area contributed by atoms with Gasteiger partial charge in [0.2, 0.25) is 5.91 Å².